The number of benzene rings is 1. The van der Waals surface area contributed by atoms with Crippen LogP contribution in [0.3, 0.4) is 0 Å². The number of H-pyrrole nitrogens is 1. The standard InChI is InChI=1S/C17H18N4O2S/c1-11-5-7-13(8-6-11)15-19-17(21-20-15)24-12(2)16(22)18-10-14-4-3-9-23-14/h3-9,12H,10H2,1-2H3,(H,18,22)(H,19,20,21)/t12-/m0/s1. The molecule has 0 spiro atoms. The summed E-state index contributed by atoms with van der Waals surface area (Å²) in [5, 5.41) is 10.2. The third-order valence-electron chi connectivity index (χ3n) is 3.46. The van der Waals surface area contributed by atoms with Gasteiger partial charge >= 0.3 is 0 Å². The number of hydrogen-bond acceptors (Lipinski definition) is 5. The highest BCUT2D eigenvalue weighted by atomic mass is 32.2. The number of amides is 1. The molecule has 3 rings (SSSR count). The minimum Gasteiger partial charge on any atom is -0.467 e. The largest absolute Gasteiger partial charge is 0.467 e. The highest BCUT2D eigenvalue weighted by molar-refractivity contribution is 8.00. The van der Waals surface area contributed by atoms with Gasteiger partial charge in [0.15, 0.2) is 5.82 Å². The Kier molecular flexibility index (Phi) is 5.00. The minimum absolute atomic E-state index is 0.0851. The molecule has 0 saturated heterocycles. The highest BCUT2D eigenvalue weighted by Gasteiger charge is 2.17. The van der Waals surface area contributed by atoms with Crippen LogP contribution in [0, 0.1) is 6.92 Å². The molecule has 1 amide bonds. The van der Waals surface area contributed by atoms with Crippen LogP contribution in [0.1, 0.15) is 18.2 Å². The van der Waals surface area contributed by atoms with Gasteiger partial charge in [-0.05, 0) is 26.0 Å². The van der Waals surface area contributed by atoms with Crippen LogP contribution >= 0.6 is 11.8 Å². The van der Waals surface area contributed by atoms with Crippen LogP contribution < -0.4 is 5.32 Å². The summed E-state index contributed by atoms with van der Waals surface area (Å²) >= 11 is 1.31. The third kappa shape index (κ3) is 4.05. The first-order valence-electron chi connectivity index (χ1n) is 7.58. The molecule has 3 aromatic rings. The monoisotopic (exact) mass is 342 g/mol. The van der Waals surface area contributed by atoms with E-state index in [0.29, 0.717) is 17.5 Å². The average Bonchev–Trinajstić information content (AvgIpc) is 3.25. The maximum absolute atomic E-state index is 12.1. The summed E-state index contributed by atoms with van der Waals surface area (Å²) in [5.74, 6) is 1.33. The van der Waals surface area contributed by atoms with Crippen LogP contribution in [-0.4, -0.2) is 26.3 Å². The normalized spacial score (nSPS) is 12.1. The summed E-state index contributed by atoms with van der Waals surface area (Å²) in [7, 11) is 0. The number of nitrogens with one attached hydrogen (secondary N) is 2. The van der Waals surface area contributed by atoms with Crippen LogP contribution in [0.15, 0.2) is 52.2 Å². The zero-order valence-electron chi connectivity index (χ0n) is 13.4. The predicted octanol–water partition coefficient (Wildman–Crippen LogP) is 3.17. The van der Waals surface area contributed by atoms with Crippen LogP contribution in [0.25, 0.3) is 11.4 Å². The lowest BCUT2D eigenvalue weighted by Gasteiger charge is -2.08. The second kappa shape index (κ2) is 7.35. The van der Waals surface area contributed by atoms with Gasteiger partial charge in [0, 0.05) is 5.56 Å². The fraction of sp³-hybridized carbons (Fsp3) is 0.235. The van der Waals surface area contributed by atoms with E-state index in [2.05, 4.69) is 20.5 Å². The summed E-state index contributed by atoms with van der Waals surface area (Å²) < 4.78 is 5.19. The first kappa shape index (κ1) is 16.3. The number of furan rings is 1. The van der Waals surface area contributed by atoms with Crippen molar-refractivity contribution in [1.82, 2.24) is 20.5 Å². The molecule has 24 heavy (non-hydrogen) atoms. The molecule has 0 aliphatic carbocycles. The Morgan fingerprint density at radius 1 is 1.33 bits per heavy atom. The maximum atomic E-state index is 12.1. The number of carbonyl (C=O) groups is 1. The van der Waals surface area contributed by atoms with E-state index in [0.717, 1.165) is 11.3 Å². The SMILES string of the molecule is Cc1ccc(-c2nc(S[C@@H](C)C(=O)NCc3ccco3)n[nH]2)cc1. The molecule has 7 heteroatoms. The quantitative estimate of drug-likeness (QED) is 0.672. The Morgan fingerprint density at radius 3 is 2.83 bits per heavy atom. The van der Waals surface area contributed by atoms with E-state index >= 15 is 0 Å². The van der Waals surface area contributed by atoms with Gasteiger partial charge in [0.1, 0.15) is 5.76 Å². The summed E-state index contributed by atoms with van der Waals surface area (Å²) in [6.07, 6.45) is 1.58. The molecule has 0 aliphatic heterocycles. The number of hydrogen-bond donors (Lipinski definition) is 2. The topological polar surface area (TPSA) is 83.8 Å². The van der Waals surface area contributed by atoms with E-state index in [9.17, 15) is 4.79 Å². The number of aromatic amines is 1. The molecule has 0 aliphatic rings. The lowest BCUT2D eigenvalue weighted by molar-refractivity contribution is -0.120. The van der Waals surface area contributed by atoms with Crippen molar-refractivity contribution < 1.29 is 9.21 Å². The Bertz CT molecular complexity index is 796. The van der Waals surface area contributed by atoms with Gasteiger partial charge in [-0.1, -0.05) is 41.6 Å². The van der Waals surface area contributed by atoms with E-state index in [-0.39, 0.29) is 11.2 Å². The van der Waals surface area contributed by atoms with Crippen molar-refractivity contribution in [3.05, 3.63) is 54.0 Å². The molecule has 2 N–H and O–H groups in total. The minimum atomic E-state index is -0.304. The number of aryl methyl sites for hydroxylation is 1. The fourth-order valence-electron chi connectivity index (χ4n) is 2.08. The van der Waals surface area contributed by atoms with Crippen LogP contribution in [0.5, 0.6) is 0 Å². The lowest BCUT2D eigenvalue weighted by Crippen LogP contribution is -2.30. The lowest BCUT2D eigenvalue weighted by atomic mass is 10.1. The fourth-order valence-corrected chi connectivity index (χ4v) is 2.83. The molecule has 1 atom stereocenters. The number of thioether (sulfide) groups is 1. The summed E-state index contributed by atoms with van der Waals surface area (Å²) in [4.78, 5) is 16.6. The summed E-state index contributed by atoms with van der Waals surface area (Å²) in [6, 6.07) is 11.6. The summed E-state index contributed by atoms with van der Waals surface area (Å²) in [5.41, 5.74) is 2.16. The predicted molar refractivity (Wildman–Crippen MR) is 92.4 cm³/mol. The van der Waals surface area contributed by atoms with Crippen LogP contribution in [0.2, 0.25) is 0 Å². The second-order valence-corrected chi connectivity index (χ2v) is 6.70. The molecule has 0 bridgehead atoms. The van der Waals surface area contributed by atoms with Gasteiger partial charge in [-0.2, -0.15) is 0 Å². The van der Waals surface area contributed by atoms with Gasteiger partial charge in [-0.15, -0.1) is 5.10 Å². The van der Waals surface area contributed by atoms with Crippen molar-refractivity contribution in [3.63, 3.8) is 0 Å². The Hall–Kier alpha value is -2.54. The number of carbonyl (C=O) groups excluding carboxylic acids is 1. The van der Waals surface area contributed by atoms with E-state index in [1.807, 2.05) is 44.2 Å². The first-order valence-corrected chi connectivity index (χ1v) is 8.46. The molecule has 0 unspecified atom stereocenters. The summed E-state index contributed by atoms with van der Waals surface area (Å²) in [6.45, 7) is 4.23. The van der Waals surface area contributed by atoms with Crippen molar-refractivity contribution in [1.29, 1.82) is 0 Å². The van der Waals surface area contributed by atoms with Gasteiger partial charge < -0.3 is 9.73 Å². The van der Waals surface area contributed by atoms with Gasteiger partial charge in [-0.3, -0.25) is 9.89 Å². The van der Waals surface area contributed by atoms with E-state index < -0.39 is 0 Å². The van der Waals surface area contributed by atoms with Crippen molar-refractivity contribution in [3.8, 4) is 11.4 Å². The Morgan fingerprint density at radius 2 is 2.12 bits per heavy atom. The van der Waals surface area contributed by atoms with E-state index in [1.54, 1.807) is 12.3 Å². The zero-order valence-corrected chi connectivity index (χ0v) is 14.3. The van der Waals surface area contributed by atoms with Gasteiger partial charge in [-0.25, -0.2) is 4.98 Å². The second-order valence-electron chi connectivity index (χ2n) is 5.39. The number of aromatic nitrogens is 3. The molecular formula is C17H18N4O2S. The van der Waals surface area contributed by atoms with Crippen molar-refractivity contribution in [2.45, 2.75) is 30.8 Å². The van der Waals surface area contributed by atoms with Gasteiger partial charge in [0.2, 0.25) is 11.1 Å². The molecule has 6 nitrogen and oxygen atoms in total. The third-order valence-corrected chi connectivity index (χ3v) is 4.42. The molecular weight excluding hydrogens is 324 g/mol. The van der Waals surface area contributed by atoms with E-state index in [1.165, 1.54) is 17.3 Å². The van der Waals surface area contributed by atoms with Gasteiger partial charge in [0.25, 0.3) is 0 Å². The Balaban J connectivity index is 1.57. The molecule has 0 saturated carbocycles. The van der Waals surface area contributed by atoms with Crippen LogP contribution in [-0.2, 0) is 11.3 Å². The van der Waals surface area contributed by atoms with Gasteiger partial charge in [0.05, 0.1) is 18.1 Å². The molecule has 2 heterocycles. The van der Waals surface area contributed by atoms with Crippen LogP contribution in [0.4, 0.5) is 0 Å². The molecule has 1 aromatic carbocycles. The van der Waals surface area contributed by atoms with Crippen molar-refractivity contribution >= 4 is 17.7 Å². The molecule has 0 fully saturated rings. The average molecular weight is 342 g/mol. The first-order chi connectivity index (χ1) is 11.6. The molecule has 2 aromatic heterocycles. The Labute approximate surface area is 144 Å². The van der Waals surface area contributed by atoms with Crippen molar-refractivity contribution in [2.24, 2.45) is 0 Å². The smallest absolute Gasteiger partial charge is 0.233 e. The number of nitrogens with zero attached hydrogens (tertiary/aromatic N) is 2. The van der Waals surface area contributed by atoms with E-state index in [4.69, 9.17) is 4.42 Å². The van der Waals surface area contributed by atoms with Crippen molar-refractivity contribution in [2.75, 3.05) is 0 Å². The molecule has 0 radical (unpaired) electrons. The highest BCUT2D eigenvalue weighted by Crippen LogP contribution is 2.23. The maximum Gasteiger partial charge on any atom is 0.233 e. The zero-order chi connectivity index (χ0) is 16.9. The number of rotatable bonds is 6. The molecule has 124 valence electrons.